The van der Waals surface area contributed by atoms with Crippen molar-refractivity contribution in [3.8, 4) is 5.75 Å². The van der Waals surface area contributed by atoms with E-state index in [1.54, 1.807) is 0 Å². The molecule has 1 aromatic carbocycles. The van der Waals surface area contributed by atoms with Crippen LogP contribution in [0.3, 0.4) is 0 Å². The van der Waals surface area contributed by atoms with E-state index in [4.69, 9.17) is 10.8 Å². The highest BCUT2D eigenvalue weighted by Crippen LogP contribution is 2.34. The van der Waals surface area contributed by atoms with Crippen LogP contribution >= 0.6 is 28.3 Å². The number of phenols is 1. The summed E-state index contributed by atoms with van der Waals surface area (Å²) in [5.41, 5.74) is 6.45. The van der Waals surface area contributed by atoms with Crippen molar-refractivity contribution in [2.24, 2.45) is 5.73 Å². The molecular weight excluding hydrogens is 309 g/mol. The molecule has 1 atom stereocenters. The Labute approximate surface area is 114 Å². The Bertz CT molecular complexity index is 412. The molecule has 0 bridgehead atoms. The van der Waals surface area contributed by atoms with Gasteiger partial charge in [0.05, 0.1) is 10.0 Å². The van der Waals surface area contributed by atoms with Crippen LogP contribution in [0.2, 0.25) is 0 Å². The zero-order chi connectivity index (χ0) is 12.3. The molecule has 0 aromatic heterocycles. The van der Waals surface area contributed by atoms with E-state index in [1.807, 2.05) is 6.92 Å². The number of aromatic hydroxyl groups is 1. The lowest BCUT2D eigenvalue weighted by atomic mass is 10.00. The Kier molecular flexibility index (Phi) is 6.52. The number of carbonyl (C=O) groups is 1. The highest BCUT2D eigenvalue weighted by atomic mass is 79.9. The number of nitrogens with two attached hydrogens (primary N) is 1. The molecule has 0 heterocycles. The van der Waals surface area contributed by atoms with Gasteiger partial charge < -0.3 is 15.9 Å². The lowest BCUT2D eigenvalue weighted by molar-refractivity contribution is 0.0696. The molecule has 0 aliphatic carbocycles. The van der Waals surface area contributed by atoms with E-state index in [1.165, 1.54) is 12.1 Å². The molecule has 0 amide bonds. The summed E-state index contributed by atoms with van der Waals surface area (Å²) in [6, 6.07) is 2.43. The van der Waals surface area contributed by atoms with Crippen LogP contribution in [-0.4, -0.2) is 16.2 Å². The Morgan fingerprint density at radius 2 is 2.12 bits per heavy atom. The molecule has 0 spiro atoms. The van der Waals surface area contributed by atoms with E-state index in [0.29, 0.717) is 16.5 Å². The number of carboxylic acid groups (broad SMARTS) is 1. The highest BCUT2D eigenvalue weighted by molar-refractivity contribution is 9.10. The number of halogens is 2. The van der Waals surface area contributed by atoms with Crippen molar-refractivity contribution in [1.29, 1.82) is 0 Å². The van der Waals surface area contributed by atoms with Gasteiger partial charge in [0.1, 0.15) is 5.75 Å². The molecule has 0 saturated carbocycles. The van der Waals surface area contributed by atoms with E-state index in [-0.39, 0.29) is 29.8 Å². The number of rotatable bonds is 4. The second-order valence-corrected chi connectivity index (χ2v) is 4.45. The van der Waals surface area contributed by atoms with Gasteiger partial charge in [0.25, 0.3) is 0 Å². The average molecular weight is 325 g/mol. The minimum absolute atomic E-state index is 0. The summed E-state index contributed by atoms with van der Waals surface area (Å²) in [7, 11) is 0. The monoisotopic (exact) mass is 323 g/mol. The molecule has 1 aromatic rings. The van der Waals surface area contributed by atoms with Gasteiger partial charge in [-0.05, 0) is 34.5 Å². The van der Waals surface area contributed by atoms with E-state index in [9.17, 15) is 9.90 Å². The maximum Gasteiger partial charge on any atom is 0.335 e. The van der Waals surface area contributed by atoms with Crippen LogP contribution in [0, 0.1) is 0 Å². The molecule has 0 aliphatic rings. The Balaban J connectivity index is 0.00000256. The third kappa shape index (κ3) is 3.87. The first kappa shape index (κ1) is 16.2. The number of carboxylic acids is 1. The van der Waals surface area contributed by atoms with Crippen LogP contribution in [0.15, 0.2) is 16.6 Å². The topological polar surface area (TPSA) is 83.6 Å². The van der Waals surface area contributed by atoms with Gasteiger partial charge in [-0.15, -0.1) is 12.4 Å². The van der Waals surface area contributed by atoms with Crippen LogP contribution in [0.1, 0.15) is 41.7 Å². The molecule has 96 valence electrons. The zero-order valence-electron chi connectivity index (χ0n) is 9.31. The molecule has 0 unspecified atom stereocenters. The summed E-state index contributed by atoms with van der Waals surface area (Å²) < 4.78 is 0.356. The van der Waals surface area contributed by atoms with Gasteiger partial charge in [-0.3, -0.25) is 0 Å². The molecular formula is C11H15BrClNO3. The van der Waals surface area contributed by atoms with Gasteiger partial charge >= 0.3 is 5.97 Å². The van der Waals surface area contributed by atoms with Gasteiger partial charge in [-0.2, -0.15) is 0 Å². The number of hydrogen-bond donors (Lipinski definition) is 3. The molecule has 0 aliphatic heterocycles. The molecule has 6 heteroatoms. The van der Waals surface area contributed by atoms with Gasteiger partial charge in [-0.1, -0.05) is 13.3 Å². The maximum absolute atomic E-state index is 10.9. The number of phenolic OH excluding ortho intramolecular Hbond substituents is 1. The van der Waals surface area contributed by atoms with Crippen LogP contribution in [0.5, 0.6) is 5.75 Å². The average Bonchev–Trinajstić information content (AvgIpc) is 2.21. The predicted octanol–water partition coefficient (Wildman–Crippen LogP) is 3.07. The molecule has 1 rings (SSSR count). The minimum Gasteiger partial charge on any atom is -0.506 e. The second-order valence-electron chi connectivity index (χ2n) is 3.60. The Morgan fingerprint density at radius 3 is 2.59 bits per heavy atom. The van der Waals surface area contributed by atoms with Crippen molar-refractivity contribution in [1.82, 2.24) is 0 Å². The highest BCUT2D eigenvalue weighted by Gasteiger charge is 2.16. The van der Waals surface area contributed by atoms with Gasteiger partial charge in [0.2, 0.25) is 0 Å². The molecule has 17 heavy (non-hydrogen) atoms. The minimum atomic E-state index is -1.04. The molecule has 0 saturated heterocycles. The van der Waals surface area contributed by atoms with E-state index < -0.39 is 5.97 Å². The summed E-state index contributed by atoms with van der Waals surface area (Å²) in [4.78, 5) is 10.9. The molecule has 0 radical (unpaired) electrons. The quantitative estimate of drug-likeness (QED) is 0.794. The second kappa shape index (κ2) is 6.83. The van der Waals surface area contributed by atoms with Crippen molar-refractivity contribution in [2.75, 3.05) is 0 Å². The summed E-state index contributed by atoms with van der Waals surface area (Å²) in [6.45, 7) is 1.98. The van der Waals surface area contributed by atoms with Crippen LogP contribution in [0.25, 0.3) is 0 Å². The number of hydrogen-bond acceptors (Lipinski definition) is 3. The van der Waals surface area contributed by atoms with Crippen molar-refractivity contribution in [3.05, 3.63) is 27.7 Å². The van der Waals surface area contributed by atoms with Gasteiger partial charge in [0.15, 0.2) is 0 Å². The van der Waals surface area contributed by atoms with Crippen molar-refractivity contribution in [2.45, 2.75) is 25.8 Å². The SMILES string of the molecule is CCC[C@H](N)c1cc(C(=O)O)cc(Br)c1O.Cl. The Hall–Kier alpha value is -0.780. The fourth-order valence-electron chi connectivity index (χ4n) is 1.49. The molecule has 0 fully saturated rings. The third-order valence-corrected chi connectivity index (χ3v) is 2.94. The summed E-state index contributed by atoms with van der Waals surface area (Å²) in [6.07, 6.45) is 1.57. The zero-order valence-corrected chi connectivity index (χ0v) is 11.7. The first-order valence-electron chi connectivity index (χ1n) is 4.98. The summed E-state index contributed by atoms with van der Waals surface area (Å²) in [5.74, 6) is -1.02. The smallest absolute Gasteiger partial charge is 0.335 e. The van der Waals surface area contributed by atoms with Gasteiger partial charge in [0, 0.05) is 11.6 Å². The lowest BCUT2D eigenvalue weighted by Gasteiger charge is -2.14. The molecule has 4 N–H and O–H groups in total. The van der Waals surface area contributed by atoms with Crippen molar-refractivity contribution >= 4 is 34.3 Å². The maximum atomic E-state index is 10.9. The normalized spacial score (nSPS) is 11.7. The van der Waals surface area contributed by atoms with Crippen LogP contribution in [0.4, 0.5) is 0 Å². The van der Waals surface area contributed by atoms with E-state index in [0.717, 1.165) is 6.42 Å². The number of aromatic carboxylic acids is 1. The largest absolute Gasteiger partial charge is 0.506 e. The van der Waals surface area contributed by atoms with Crippen molar-refractivity contribution < 1.29 is 15.0 Å². The first-order chi connectivity index (χ1) is 7.47. The van der Waals surface area contributed by atoms with Gasteiger partial charge in [-0.25, -0.2) is 4.79 Å². The third-order valence-electron chi connectivity index (χ3n) is 2.34. The van der Waals surface area contributed by atoms with E-state index in [2.05, 4.69) is 15.9 Å². The van der Waals surface area contributed by atoms with E-state index >= 15 is 0 Å². The summed E-state index contributed by atoms with van der Waals surface area (Å²) in [5, 5.41) is 18.7. The van der Waals surface area contributed by atoms with Crippen molar-refractivity contribution in [3.63, 3.8) is 0 Å². The Morgan fingerprint density at radius 1 is 1.53 bits per heavy atom. The molecule has 4 nitrogen and oxygen atoms in total. The van der Waals surface area contributed by atoms with Crippen LogP contribution < -0.4 is 5.73 Å². The standard InChI is InChI=1S/C11H14BrNO3.ClH/c1-2-3-9(13)7-4-6(11(15)16)5-8(12)10(7)14;/h4-5,9,14H,2-3,13H2,1H3,(H,15,16);1H/t9-;/m0./s1. The fourth-order valence-corrected chi connectivity index (χ4v) is 1.97. The number of benzene rings is 1. The lowest BCUT2D eigenvalue weighted by Crippen LogP contribution is -2.11. The summed E-state index contributed by atoms with van der Waals surface area (Å²) >= 11 is 3.12. The fraction of sp³-hybridized carbons (Fsp3) is 0.364. The first-order valence-corrected chi connectivity index (χ1v) is 5.78. The predicted molar refractivity (Wildman–Crippen MR) is 71.9 cm³/mol. The van der Waals surface area contributed by atoms with Crippen LogP contribution in [-0.2, 0) is 0 Å².